The Kier molecular flexibility index (Phi) is 4.22. The maximum absolute atomic E-state index is 12.9. The first-order valence-corrected chi connectivity index (χ1v) is 9.06. The first kappa shape index (κ1) is 16.8. The van der Waals surface area contributed by atoms with Crippen LogP contribution in [0.2, 0.25) is 0 Å². The van der Waals surface area contributed by atoms with Gasteiger partial charge < -0.3 is 14.7 Å². The largest absolute Gasteiger partial charge is 0.343 e. The Labute approximate surface area is 151 Å². The fourth-order valence-electron chi connectivity index (χ4n) is 3.96. The number of amides is 2. The van der Waals surface area contributed by atoms with Crippen molar-refractivity contribution in [2.75, 3.05) is 11.4 Å². The Bertz CT molecular complexity index is 811. The van der Waals surface area contributed by atoms with E-state index in [-0.39, 0.29) is 24.2 Å². The topological polar surface area (TPSA) is 88.3 Å². The number of hydrogen-bond acceptors (Lipinski definition) is 5. The third-order valence-corrected chi connectivity index (χ3v) is 5.34. The van der Waals surface area contributed by atoms with E-state index in [1.807, 2.05) is 30.3 Å². The summed E-state index contributed by atoms with van der Waals surface area (Å²) in [4.78, 5) is 31.4. The SMILES string of the molecule is Cc1nc(C2(NC(=O)C3CC(=O)N(c4ccccc4)C3)CCCC2)no1. The molecule has 2 fully saturated rings. The van der Waals surface area contributed by atoms with Crippen LogP contribution in [0.4, 0.5) is 5.69 Å². The highest BCUT2D eigenvalue weighted by molar-refractivity contribution is 6.00. The van der Waals surface area contributed by atoms with Crippen LogP contribution in [0.25, 0.3) is 0 Å². The number of anilines is 1. The molecule has 1 saturated heterocycles. The molecule has 2 aromatic rings. The lowest BCUT2D eigenvalue weighted by Crippen LogP contribution is -2.47. The van der Waals surface area contributed by atoms with Crippen LogP contribution in [0.5, 0.6) is 0 Å². The summed E-state index contributed by atoms with van der Waals surface area (Å²) in [6, 6.07) is 9.46. The van der Waals surface area contributed by atoms with Crippen molar-refractivity contribution in [2.24, 2.45) is 5.92 Å². The number of aryl methyl sites for hydroxylation is 1. The van der Waals surface area contributed by atoms with E-state index >= 15 is 0 Å². The number of nitrogens with one attached hydrogen (secondary N) is 1. The minimum Gasteiger partial charge on any atom is -0.343 e. The summed E-state index contributed by atoms with van der Waals surface area (Å²) in [6.45, 7) is 2.14. The molecule has 2 heterocycles. The normalized spacial score (nSPS) is 22.0. The first-order chi connectivity index (χ1) is 12.6. The van der Waals surface area contributed by atoms with Gasteiger partial charge in [0.05, 0.1) is 5.92 Å². The van der Waals surface area contributed by atoms with Gasteiger partial charge in [0.25, 0.3) is 0 Å². The van der Waals surface area contributed by atoms with Gasteiger partial charge in [-0.25, -0.2) is 0 Å². The van der Waals surface area contributed by atoms with Gasteiger partial charge in [-0.05, 0) is 25.0 Å². The van der Waals surface area contributed by atoms with Crippen LogP contribution >= 0.6 is 0 Å². The fraction of sp³-hybridized carbons (Fsp3) is 0.474. The summed E-state index contributed by atoms with van der Waals surface area (Å²) in [5.74, 6) is 0.540. The van der Waals surface area contributed by atoms with Crippen molar-refractivity contribution in [1.29, 1.82) is 0 Å². The molecule has 2 amide bonds. The van der Waals surface area contributed by atoms with Crippen molar-refractivity contribution >= 4 is 17.5 Å². The number of nitrogens with zero attached hydrogens (tertiary/aromatic N) is 3. The average molecular weight is 354 g/mol. The molecule has 1 aliphatic carbocycles. The van der Waals surface area contributed by atoms with E-state index < -0.39 is 5.54 Å². The van der Waals surface area contributed by atoms with Crippen LogP contribution in [0.15, 0.2) is 34.9 Å². The predicted octanol–water partition coefficient (Wildman–Crippen LogP) is 2.32. The summed E-state index contributed by atoms with van der Waals surface area (Å²) in [7, 11) is 0. The van der Waals surface area contributed by atoms with E-state index in [2.05, 4.69) is 15.5 Å². The maximum atomic E-state index is 12.9. The second-order valence-electron chi connectivity index (χ2n) is 7.16. The fourth-order valence-corrected chi connectivity index (χ4v) is 3.96. The first-order valence-electron chi connectivity index (χ1n) is 9.06. The van der Waals surface area contributed by atoms with Gasteiger partial charge >= 0.3 is 0 Å². The molecule has 1 saturated carbocycles. The molecule has 2 aliphatic rings. The predicted molar refractivity (Wildman–Crippen MR) is 94.2 cm³/mol. The Morgan fingerprint density at radius 3 is 2.65 bits per heavy atom. The van der Waals surface area contributed by atoms with E-state index in [9.17, 15) is 9.59 Å². The molecule has 4 rings (SSSR count). The molecule has 26 heavy (non-hydrogen) atoms. The molecule has 7 nitrogen and oxygen atoms in total. The second kappa shape index (κ2) is 6.55. The maximum Gasteiger partial charge on any atom is 0.227 e. The number of carbonyl (C=O) groups is 2. The highest BCUT2D eigenvalue weighted by Gasteiger charge is 2.44. The Morgan fingerprint density at radius 1 is 1.27 bits per heavy atom. The molecule has 0 spiro atoms. The van der Waals surface area contributed by atoms with Crippen LogP contribution in [0.3, 0.4) is 0 Å². The van der Waals surface area contributed by atoms with Gasteiger partial charge in [0.15, 0.2) is 5.82 Å². The molecule has 1 aliphatic heterocycles. The van der Waals surface area contributed by atoms with Crippen molar-refractivity contribution < 1.29 is 14.1 Å². The highest BCUT2D eigenvalue weighted by Crippen LogP contribution is 2.38. The lowest BCUT2D eigenvalue weighted by Gasteiger charge is -2.28. The van der Waals surface area contributed by atoms with Crippen molar-refractivity contribution in [3.05, 3.63) is 42.0 Å². The monoisotopic (exact) mass is 354 g/mol. The molecule has 136 valence electrons. The zero-order chi connectivity index (χ0) is 18.1. The lowest BCUT2D eigenvalue weighted by atomic mass is 9.94. The van der Waals surface area contributed by atoms with Gasteiger partial charge in [-0.2, -0.15) is 4.98 Å². The Morgan fingerprint density at radius 2 is 2.00 bits per heavy atom. The number of rotatable bonds is 4. The van der Waals surface area contributed by atoms with E-state index in [4.69, 9.17) is 4.52 Å². The van der Waals surface area contributed by atoms with Gasteiger partial charge in [-0.3, -0.25) is 9.59 Å². The van der Waals surface area contributed by atoms with Gasteiger partial charge in [-0.1, -0.05) is 36.2 Å². The average Bonchev–Trinajstić information content (AvgIpc) is 3.36. The Balaban J connectivity index is 1.50. The highest BCUT2D eigenvalue weighted by atomic mass is 16.5. The molecular formula is C19H22N4O3. The van der Waals surface area contributed by atoms with Gasteiger partial charge in [0, 0.05) is 25.6 Å². The minimum absolute atomic E-state index is 0.0211. The molecule has 1 atom stereocenters. The molecular weight excluding hydrogens is 332 g/mol. The number of hydrogen-bond donors (Lipinski definition) is 1. The smallest absolute Gasteiger partial charge is 0.227 e. The summed E-state index contributed by atoms with van der Waals surface area (Å²) in [5.41, 5.74) is 0.259. The van der Waals surface area contributed by atoms with E-state index in [1.54, 1.807) is 11.8 Å². The summed E-state index contributed by atoms with van der Waals surface area (Å²) < 4.78 is 5.13. The van der Waals surface area contributed by atoms with Crippen molar-refractivity contribution in [2.45, 2.75) is 44.6 Å². The van der Waals surface area contributed by atoms with Gasteiger partial charge in [-0.15, -0.1) is 0 Å². The number of carbonyl (C=O) groups excluding carboxylic acids is 2. The third-order valence-electron chi connectivity index (χ3n) is 5.34. The summed E-state index contributed by atoms with van der Waals surface area (Å²) in [6.07, 6.45) is 3.82. The minimum atomic E-state index is -0.571. The van der Waals surface area contributed by atoms with Crippen molar-refractivity contribution in [3.8, 4) is 0 Å². The molecule has 7 heteroatoms. The Hall–Kier alpha value is -2.70. The lowest BCUT2D eigenvalue weighted by molar-refractivity contribution is -0.128. The van der Waals surface area contributed by atoms with Crippen LogP contribution in [0, 0.1) is 12.8 Å². The molecule has 1 N–H and O–H groups in total. The molecule has 1 unspecified atom stereocenters. The number of aromatic nitrogens is 2. The quantitative estimate of drug-likeness (QED) is 0.910. The molecule has 0 radical (unpaired) electrons. The third kappa shape index (κ3) is 2.98. The van der Waals surface area contributed by atoms with Crippen LogP contribution in [-0.2, 0) is 15.1 Å². The number of benzene rings is 1. The van der Waals surface area contributed by atoms with Crippen LogP contribution < -0.4 is 10.2 Å². The standard InChI is InChI=1S/C19H22N4O3/c1-13-20-18(22-26-13)19(9-5-6-10-19)21-17(25)14-11-16(24)23(12-14)15-7-3-2-4-8-15/h2-4,7-8,14H,5-6,9-12H2,1H3,(H,21,25). The van der Waals surface area contributed by atoms with Gasteiger partial charge in [0.1, 0.15) is 5.54 Å². The van der Waals surface area contributed by atoms with E-state index in [0.29, 0.717) is 18.3 Å². The molecule has 1 aromatic carbocycles. The summed E-state index contributed by atoms with van der Waals surface area (Å²) in [5, 5.41) is 7.20. The zero-order valence-corrected chi connectivity index (χ0v) is 14.8. The van der Waals surface area contributed by atoms with Crippen LogP contribution in [0.1, 0.15) is 43.8 Å². The zero-order valence-electron chi connectivity index (χ0n) is 14.8. The van der Waals surface area contributed by atoms with Crippen LogP contribution in [-0.4, -0.2) is 28.5 Å². The molecule has 1 aromatic heterocycles. The molecule has 0 bridgehead atoms. The summed E-state index contributed by atoms with van der Waals surface area (Å²) >= 11 is 0. The van der Waals surface area contributed by atoms with Crippen molar-refractivity contribution in [1.82, 2.24) is 15.5 Å². The van der Waals surface area contributed by atoms with E-state index in [0.717, 1.165) is 31.4 Å². The van der Waals surface area contributed by atoms with Crippen molar-refractivity contribution in [3.63, 3.8) is 0 Å². The van der Waals surface area contributed by atoms with Gasteiger partial charge in [0.2, 0.25) is 17.7 Å². The van der Waals surface area contributed by atoms with E-state index in [1.165, 1.54) is 0 Å². The number of para-hydroxylation sites is 1. The second-order valence-corrected chi connectivity index (χ2v) is 7.16.